The summed E-state index contributed by atoms with van der Waals surface area (Å²) < 4.78 is 56.4. The van der Waals surface area contributed by atoms with Gasteiger partial charge in [-0.2, -0.15) is 0 Å². The lowest BCUT2D eigenvalue weighted by molar-refractivity contribution is 0.101. The van der Waals surface area contributed by atoms with E-state index in [0.717, 1.165) is 12.0 Å². The quantitative estimate of drug-likeness (QED) is 0.110. The highest BCUT2D eigenvalue weighted by Gasteiger charge is 2.23. The van der Waals surface area contributed by atoms with Crippen molar-refractivity contribution in [3.63, 3.8) is 0 Å². The van der Waals surface area contributed by atoms with Crippen LogP contribution in [0.5, 0.6) is 0 Å². The zero-order valence-corrected chi connectivity index (χ0v) is 35.1. The second-order valence-electron chi connectivity index (χ2n) is 13.8. The molecule has 0 fully saturated rings. The molecular formula is C45H40Cl2N2O7S2. The molecular weight excluding hydrogens is 816 g/mol. The van der Waals surface area contributed by atoms with Crippen molar-refractivity contribution >= 4 is 72.0 Å². The average Bonchev–Trinajstić information content (AvgIpc) is 3.22. The van der Waals surface area contributed by atoms with Crippen LogP contribution in [0.1, 0.15) is 81.9 Å². The highest BCUT2D eigenvalue weighted by atomic mass is 35.5. The van der Waals surface area contributed by atoms with E-state index in [-0.39, 0.29) is 55.1 Å². The maximum Gasteiger partial charge on any atom is 0.261 e. The second-order valence-corrected chi connectivity index (χ2v) is 18.1. The van der Waals surface area contributed by atoms with Crippen molar-refractivity contribution in [2.75, 3.05) is 9.44 Å². The van der Waals surface area contributed by atoms with E-state index in [2.05, 4.69) is 30.2 Å². The van der Waals surface area contributed by atoms with Gasteiger partial charge in [0.25, 0.3) is 20.0 Å². The van der Waals surface area contributed by atoms with Gasteiger partial charge in [-0.25, -0.2) is 16.8 Å². The summed E-state index contributed by atoms with van der Waals surface area (Å²) in [5, 5.41) is 0.663. The van der Waals surface area contributed by atoms with Gasteiger partial charge in [-0.3, -0.25) is 23.8 Å². The fourth-order valence-electron chi connectivity index (χ4n) is 5.64. The fraction of sp³-hybridized carbons (Fsp3) is 0.133. The number of carbonyl (C=O) groups is 3. The molecule has 0 heterocycles. The van der Waals surface area contributed by atoms with Gasteiger partial charge in [0.05, 0.1) is 21.2 Å². The summed E-state index contributed by atoms with van der Waals surface area (Å²) in [7, 11) is -7.84. The van der Waals surface area contributed by atoms with Crippen molar-refractivity contribution in [3.05, 3.63) is 189 Å². The van der Waals surface area contributed by atoms with E-state index < -0.39 is 20.0 Å². The van der Waals surface area contributed by atoms with Crippen LogP contribution in [0.3, 0.4) is 0 Å². The molecule has 0 amide bonds. The van der Waals surface area contributed by atoms with Crippen LogP contribution in [-0.2, 0) is 25.5 Å². The maximum absolute atomic E-state index is 13.0. The molecule has 58 heavy (non-hydrogen) atoms. The van der Waals surface area contributed by atoms with Crippen LogP contribution in [0, 0.1) is 0 Å². The van der Waals surface area contributed by atoms with Crippen LogP contribution < -0.4 is 9.44 Å². The van der Waals surface area contributed by atoms with Crippen molar-refractivity contribution in [1.82, 2.24) is 0 Å². The van der Waals surface area contributed by atoms with E-state index in [1.54, 1.807) is 72.8 Å². The normalized spacial score (nSPS) is 11.5. The standard InChI is InChI=1S/C24H24ClNO3S.C21H16ClNO4S/c1-4-24(2,3)18-10-13-20(14-11-18)30(28,29)26-22-15-12-19(25)16-21(22)23(27)17-8-6-5-7-9-17;1-14(24)15-7-10-18(11-8-15)28(26,27)23-20-12-9-17(22)13-19(20)21(25)16-5-3-2-4-6-16/h5-16,26H,4H2,1-3H3;2-13,23H,1H3. The summed E-state index contributed by atoms with van der Waals surface area (Å²) in [4.78, 5) is 37.2. The van der Waals surface area contributed by atoms with Gasteiger partial charge in [-0.15, -0.1) is 0 Å². The molecule has 6 aromatic rings. The van der Waals surface area contributed by atoms with Gasteiger partial charge in [0.2, 0.25) is 0 Å². The van der Waals surface area contributed by atoms with Crippen molar-refractivity contribution in [1.29, 1.82) is 0 Å². The Morgan fingerprint density at radius 3 is 1.28 bits per heavy atom. The van der Waals surface area contributed by atoms with E-state index in [0.29, 0.717) is 26.7 Å². The maximum atomic E-state index is 13.0. The Balaban J connectivity index is 0.000000221. The number of benzene rings is 6. The lowest BCUT2D eigenvalue weighted by Gasteiger charge is -2.23. The molecule has 0 aliphatic rings. The molecule has 0 atom stereocenters. The minimum atomic E-state index is -3.96. The van der Waals surface area contributed by atoms with E-state index in [9.17, 15) is 31.2 Å². The van der Waals surface area contributed by atoms with Gasteiger partial charge in [-0.1, -0.05) is 129 Å². The molecule has 0 aromatic heterocycles. The third kappa shape index (κ3) is 10.7. The Labute approximate surface area is 349 Å². The van der Waals surface area contributed by atoms with Gasteiger partial charge in [0.1, 0.15) is 0 Å². The lowest BCUT2D eigenvalue weighted by atomic mass is 9.82. The molecule has 2 N–H and O–H groups in total. The van der Waals surface area contributed by atoms with Crippen LogP contribution in [0.15, 0.2) is 155 Å². The van der Waals surface area contributed by atoms with Crippen LogP contribution >= 0.6 is 23.2 Å². The van der Waals surface area contributed by atoms with Crippen molar-refractivity contribution in [3.8, 4) is 0 Å². The molecule has 0 spiro atoms. The molecule has 0 saturated carbocycles. The minimum absolute atomic E-state index is 0.0226. The number of hydrogen-bond donors (Lipinski definition) is 2. The Morgan fingerprint density at radius 1 is 0.534 bits per heavy atom. The Bertz CT molecular complexity index is 2670. The largest absolute Gasteiger partial charge is 0.295 e. The number of halogens is 2. The monoisotopic (exact) mass is 854 g/mol. The molecule has 0 bridgehead atoms. The second kappa shape index (κ2) is 18.3. The van der Waals surface area contributed by atoms with Gasteiger partial charge >= 0.3 is 0 Å². The first-order chi connectivity index (χ1) is 27.4. The first-order valence-corrected chi connectivity index (χ1v) is 21.7. The number of carbonyl (C=O) groups excluding carboxylic acids is 3. The third-order valence-electron chi connectivity index (χ3n) is 9.41. The molecule has 13 heteroatoms. The van der Waals surface area contributed by atoms with Crippen LogP contribution in [0.4, 0.5) is 11.4 Å². The molecule has 298 valence electrons. The van der Waals surface area contributed by atoms with E-state index in [1.807, 2.05) is 18.2 Å². The number of sulfonamides is 2. The highest BCUT2D eigenvalue weighted by Crippen LogP contribution is 2.30. The summed E-state index contributed by atoms with van der Waals surface area (Å²) >= 11 is 12.1. The summed E-state index contributed by atoms with van der Waals surface area (Å²) in [6.45, 7) is 7.73. The van der Waals surface area contributed by atoms with Gasteiger partial charge in [0, 0.05) is 37.9 Å². The van der Waals surface area contributed by atoms with Crippen molar-refractivity contribution < 1.29 is 31.2 Å². The predicted molar refractivity (Wildman–Crippen MR) is 230 cm³/mol. The van der Waals surface area contributed by atoms with E-state index in [4.69, 9.17) is 23.2 Å². The zero-order valence-electron chi connectivity index (χ0n) is 32.0. The molecule has 6 aromatic carbocycles. The number of ketones is 3. The Morgan fingerprint density at radius 2 is 0.914 bits per heavy atom. The zero-order chi connectivity index (χ0) is 42.3. The summed E-state index contributed by atoms with van der Waals surface area (Å²) in [6.07, 6.45) is 0.938. The van der Waals surface area contributed by atoms with Gasteiger partial charge in [-0.05, 0) is 85.0 Å². The average molecular weight is 856 g/mol. The number of nitrogens with one attached hydrogen (secondary N) is 2. The lowest BCUT2D eigenvalue weighted by Crippen LogP contribution is -2.18. The fourth-order valence-corrected chi connectivity index (χ4v) is 8.15. The van der Waals surface area contributed by atoms with E-state index in [1.165, 1.54) is 61.5 Å². The van der Waals surface area contributed by atoms with Gasteiger partial charge in [0.15, 0.2) is 17.3 Å². The predicted octanol–water partition coefficient (Wildman–Crippen LogP) is 10.6. The molecule has 0 saturated heterocycles. The highest BCUT2D eigenvalue weighted by molar-refractivity contribution is 7.93. The SMILES string of the molecule is CC(=O)c1ccc(S(=O)(=O)Nc2ccc(Cl)cc2C(=O)c2ccccc2)cc1.CCC(C)(C)c1ccc(S(=O)(=O)Nc2ccc(Cl)cc2C(=O)c2ccccc2)cc1. The topological polar surface area (TPSA) is 144 Å². The smallest absolute Gasteiger partial charge is 0.261 e. The van der Waals surface area contributed by atoms with Crippen LogP contribution in [0.2, 0.25) is 10.0 Å². The molecule has 0 aliphatic carbocycles. The number of Topliss-reactive ketones (excluding diaryl/α,β-unsaturated/α-hetero) is 1. The first-order valence-electron chi connectivity index (χ1n) is 18.0. The molecule has 0 aliphatic heterocycles. The summed E-state index contributed by atoms with van der Waals surface area (Å²) in [5.41, 5.74) is 2.94. The first kappa shape index (κ1) is 43.5. The minimum Gasteiger partial charge on any atom is -0.295 e. The molecule has 6 rings (SSSR count). The van der Waals surface area contributed by atoms with Crippen molar-refractivity contribution in [2.45, 2.75) is 49.3 Å². The van der Waals surface area contributed by atoms with Crippen molar-refractivity contribution in [2.24, 2.45) is 0 Å². The number of rotatable bonds is 13. The summed E-state index contributed by atoms with van der Waals surface area (Å²) in [5.74, 6) is -0.825. The molecule has 9 nitrogen and oxygen atoms in total. The Hall–Kier alpha value is -5.59. The molecule has 0 radical (unpaired) electrons. The third-order valence-corrected chi connectivity index (χ3v) is 12.6. The Kier molecular flexibility index (Phi) is 13.8. The molecule has 0 unspecified atom stereocenters. The summed E-state index contributed by atoms with van der Waals surface area (Å²) in [6, 6.07) is 38.5. The van der Waals surface area contributed by atoms with Gasteiger partial charge < -0.3 is 0 Å². The number of hydrogen-bond acceptors (Lipinski definition) is 7. The van der Waals surface area contributed by atoms with Crippen LogP contribution in [-0.4, -0.2) is 34.2 Å². The number of anilines is 2. The van der Waals surface area contributed by atoms with E-state index >= 15 is 0 Å². The van der Waals surface area contributed by atoms with Crippen LogP contribution in [0.25, 0.3) is 0 Å².